The zero-order chi connectivity index (χ0) is 12.1. The number of carbonyl (C=O) groups is 1. The van der Waals surface area contributed by atoms with Gasteiger partial charge in [-0.15, -0.1) is 0 Å². The van der Waals surface area contributed by atoms with Gasteiger partial charge in [0.25, 0.3) is 0 Å². The molecule has 1 rings (SSSR count). The Labute approximate surface area is 98.9 Å². The molecule has 0 radical (unpaired) electrons. The van der Waals surface area contributed by atoms with Crippen molar-refractivity contribution in [2.75, 3.05) is 0 Å². The van der Waals surface area contributed by atoms with Crippen LogP contribution in [-0.2, 0) is 25.7 Å². The standard InChI is InChI=1S/C15H22O/c1-5-11-9-12(10-16)14(7-3)15(8-4)13(11)6-2/h9-10H,5-8H2,1-4H3. The highest BCUT2D eigenvalue weighted by Crippen LogP contribution is 2.25. The predicted molar refractivity (Wildman–Crippen MR) is 69.3 cm³/mol. The third kappa shape index (κ3) is 2.18. The summed E-state index contributed by atoms with van der Waals surface area (Å²) in [5.74, 6) is 0. The lowest BCUT2D eigenvalue weighted by atomic mass is 9.87. The lowest BCUT2D eigenvalue weighted by Gasteiger charge is -2.18. The van der Waals surface area contributed by atoms with Crippen LogP contribution in [0, 0.1) is 0 Å². The minimum Gasteiger partial charge on any atom is -0.298 e. The van der Waals surface area contributed by atoms with Crippen molar-refractivity contribution in [3.05, 3.63) is 33.9 Å². The van der Waals surface area contributed by atoms with E-state index in [1.54, 1.807) is 0 Å². The fourth-order valence-electron chi connectivity index (χ4n) is 2.62. The van der Waals surface area contributed by atoms with Crippen LogP contribution in [0.25, 0.3) is 0 Å². The van der Waals surface area contributed by atoms with E-state index in [2.05, 4.69) is 33.8 Å². The van der Waals surface area contributed by atoms with E-state index in [1.165, 1.54) is 22.3 Å². The third-order valence-electron chi connectivity index (χ3n) is 3.36. The maximum atomic E-state index is 11.1. The van der Waals surface area contributed by atoms with E-state index in [4.69, 9.17) is 0 Å². The van der Waals surface area contributed by atoms with Gasteiger partial charge in [-0.25, -0.2) is 0 Å². The molecule has 1 heteroatoms. The number of hydrogen-bond donors (Lipinski definition) is 0. The van der Waals surface area contributed by atoms with E-state index in [9.17, 15) is 4.79 Å². The fraction of sp³-hybridized carbons (Fsp3) is 0.533. The van der Waals surface area contributed by atoms with Gasteiger partial charge in [-0.2, -0.15) is 0 Å². The van der Waals surface area contributed by atoms with Gasteiger partial charge in [0, 0.05) is 5.56 Å². The van der Waals surface area contributed by atoms with Crippen LogP contribution in [0.1, 0.15) is 60.3 Å². The van der Waals surface area contributed by atoms with E-state index in [1.807, 2.05) is 0 Å². The van der Waals surface area contributed by atoms with Crippen LogP contribution in [0.5, 0.6) is 0 Å². The predicted octanol–water partition coefficient (Wildman–Crippen LogP) is 3.75. The van der Waals surface area contributed by atoms with Crippen LogP contribution < -0.4 is 0 Å². The second kappa shape index (κ2) is 5.83. The monoisotopic (exact) mass is 218 g/mol. The molecule has 0 fully saturated rings. The second-order valence-electron chi connectivity index (χ2n) is 4.09. The summed E-state index contributed by atoms with van der Waals surface area (Å²) in [5, 5.41) is 0. The Bertz CT molecular complexity index is 378. The lowest BCUT2D eigenvalue weighted by Crippen LogP contribution is -2.06. The van der Waals surface area contributed by atoms with Gasteiger partial charge in [0.15, 0.2) is 0 Å². The zero-order valence-electron chi connectivity index (χ0n) is 10.9. The molecule has 0 bridgehead atoms. The van der Waals surface area contributed by atoms with Crippen LogP contribution in [-0.4, -0.2) is 6.29 Å². The van der Waals surface area contributed by atoms with Crippen molar-refractivity contribution in [3.8, 4) is 0 Å². The molecule has 0 aliphatic heterocycles. The highest BCUT2D eigenvalue weighted by atomic mass is 16.1. The topological polar surface area (TPSA) is 17.1 Å². The molecule has 0 unspecified atom stereocenters. The van der Waals surface area contributed by atoms with Crippen molar-refractivity contribution in [2.24, 2.45) is 0 Å². The number of carbonyl (C=O) groups excluding carboxylic acids is 1. The average molecular weight is 218 g/mol. The fourth-order valence-corrected chi connectivity index (χ4v) is 2.62. The van der Waals surface area contributed by atoms with Crippen LogP contribution in [0.2, 0.25) is 0 Å². The first-order valence-electron chi connectivity index (χ1n) is 6.34. The van der Waals surface area contributed by atoms with Gasteiger partial charge in [0.1, 0.15) is 6.29 Å². The van der Waals surface area contributed by atoms with Crippen LogP contribution in [0.4, 0.5) is 0 Å². The Hall–Kier alpha value is -1.11. The van der Waals surface area contributed by atoms with E-state index >= 15 is 0 Å². The molecule has 1 aromatic rings. The molecule has 0 atom stereocenters. The number of aryl methyl sites for hydroxylation is 1. The van der Waals surface area contributed by atoms with Gasteiger partial charge in [-0.05, 0) is 54.0 Å². The largest absolute Gasteiger partial charge is 0.298 e. The maximum Gasteiger partial charge on any atom is 0.150 e. The Kier molecular flexibility index (Phi) is 4.72. The Morgan fingerprint density at radius 1 is 0.875 bits per heavy atom. The molecular formula is C15H22O. The van der Waals surface area contributed by atoms with Gasteiger partial charge in [-0.3, -0.25) is 4.79 Å². The molecule has 88 valence electrons. The first-order valence-corrected chi connectivity index (χ1v) is 6.34. The number of hydrogen-bond acceptors (Lipinski definition) is 1. The molecule has 0 amide bonds. The van der Waals surface area contributed by atoms with Crippen LogP contribution in [0.3, 0.4) is 0 Å². The summed E-state index contributed by atoms with van der Waals surface area (Å²) in [6, 6.07) is 2.09. The average Bonchev–Trinajstić information content (AvgIpc) is 2.35. The molecule has 0 aromatic heterocycles. The first kappa shape index (κ1) is 13.0. The Morgan fingerprint density at radius 2 is 1.44 bits per heavy atom. The maximum absolute atomic E-state index is 11.1. The van der Waals surface area contributed by atoms with Crippen molar-refractivity contribution in [1.29, 1.82) is 0 Å². The zero-order valence-corrected chi connectivity index (χ0v) is 10.9. The molecule has 0 N–H and O–H groups in total. The van der Waals surface area contributed by atoms with Crippen LogP contribution in [0.15, 0.2) is 6.07 Å². The minimum absolute atomic E-state index is 0.897. The minimum atomic E-state index is 0.897. The van der Waals surface area contributed by atoms with Gasteiger partial charge in [0.2, 0.25) is 0 Å². The normalized spacial score (nSPS) is 10.5. The van der Waals surface area contributed by atoms with Crippen molar-refractivity contribution in [1.82, 2.24) is 0 Å². The van der Waals surface area contributed by atoms with Gasteiger partial charge >= 0.3 is 0 Å². The first-order chi connectivity index (χ1) is 7.73. The highest BCUT2D eigenvalue weighted by molar-refractivity contribution is 5.79. The van der Waals surface area contributed by atoms with Crippen molar-refractivity contribution < 1.29 is 4.79 Å². The Balaban J connectivity index is 3.54. The smallest absolute Gasteiger partial charge is 0.150 e. The van der Waals surface area contributed by atoms with E-state index in [-0.39, 0.29) is 0 Å². The van der Waals surface area contributed by atoms with Crippen molar-refractivity contribution >= 4 is 6.29 Å². The molecule has 0 spiro atoms. The Morgan fingerprint density at radius 3 is 1.81 bits per heavy atom. The second-order valence-corrected chi connectivity index (χ2v) is 4.09. The van der Waals surface area contributed by atoms with Gasteiger partial charge < -0.3 is 0 Å². The molecule has 0 heterocycles. The third-order valence-corrected chi connectivity index (χ3v) is 3.36. The lowest BCUT2D eigenvalue weighted by molar-refractivity contribution is 0.112. The van der Waals surface area contributed by atoms with E-state index < -0.39 is 0 Å². The summed E-state index contributed by atoms with van der Waals surface area (Å²) < 4.78 is 0. The molecule has 1 nitrogen and oxygen atoms in total. The quantitative estimate of drug-likeness (QED) is 0.688. The molecular weight excluding hydrogens is 196 g/mol. The number of rotatable bonds is 5. The molecule has 1 aromatic carbocycles. The van der Waals surface area contributed by atoms with Crippen molar-refractivity contribution in [2.45, 2.75) is 53.4 Å². The SMILES string of the molecule is CCc1cc(C=O)c(CC)c(CC)c1CC. The number of aldehydes is 1. The molecule has 16 heavy (non-hydrogen) atoms. The molecule has 0 aliphatic carbocycles. The van der Waals surface area contributed by atoms with Crippen LogP contribution >= 0.6 is 0 Å². The summed E-state index contributed by atoms with van der Waals surface area (Å²) in [7, 11) is 0. The molecule has 0 saturated heterocycles. The summed E-state index contributed by atoms with van der Waals surface area (Å²) in [6.45, 7) is 8.68. The highest BCUT2D eigenvalue weighted by Gasteiger charge is 2.13. The molecule has 0 aliphatic rings. The number of benzene rings is 1. The van der Waals surface area contributed by atoms with Gasteiger partial charge in [0.05, 0.1) is 0 Å². The summed E-state index contributed by atoms with van der Waals surface area (Å²) in [6.07, 6.45) is 5.07. The summed E-state index contributed by atoms with van der Waals surface area (Å²) in [4.78, 5) is 11.1. The summed E-state index contributed by atoms with van der Waals surface area (Å²) in [5.41, 5.74) is 6.37. The molecule has 0 saturated carbocycles. The van der Waals surface area contributed by atoms with E-state index in [0.29, 0.717) is 0 Å². The van der Waals surface area contributed by atoms with Crippen molar-refractivity contribution in [3.63, 3.8) is 0 Å². The van der Waals surface area contributed by atoms with Gasteiger partial charge in [-0.1, -0.05) is 27.7 Å². The summed E-state index contributed by atoms with van der Waals surface area (Å²) >= 11 is 0. The van der Waals surface area contributed by atoms with E-state index in [0.717, 1.165) is 37.5 Å².